The third-order valence-corrected chi connectivity index (χ3v) is 7.70. The minimum Gasteiger partial charge on any atom is -0.416 e. The van der Waals surface area contributed by atoms with Crippen molar-refractivity contribution in [3.8, 4) is 45.8 Å². The van der Waals surface area contributed by atoms with Gasteiger partial charge in [0.05, 0.1) is 0 Å². The van der Waals surface area contributed by atoms with Gasteiger partial charge in [0.2, 0.25) is 23.6 Å². The smallest absolute Gasteiger partial charge is 0.248 e. The topological polar surface area (TPSA) is 77.8 Å². The second-order valence-corrected chi connectivity index (χ2v) is 10.4. The van der Waals surface area contributed by atoms with Gasteiger partial charge in [-0.05, 0) is 75.5 Å². The normalized spacial score (nSPS) is 11.3. The fraction of sp³-hybridized carbons (Fsp3) is 0.0270. The highest BCUT2D eigenvalue weighted by Gasteiger charge is 2.15. The number of nitrogens with zero attached hydrogens (tertiary/aromatic N) is 4. The number of rotatable bonds is 6. The van der Waals surface area contributed by atoms with E-state index in [0.717, 1.165) is 50.2 Å². The number of fused-ring (bicyclic) bond motifs is 2. The molecule has 0 bridgehead atoms. The molecule has 0 aliphatic heterocycles. The number of aromatic nitrogens is 4. The molecule has 6 aromatic carbocycles. The van der Waals surface area contributed by atoms with Crippen LogP contribution in [0.1, 0.15) is 11.1 Å². The van der Waals surface area contributed by atoms with E-state index in [1.807, 2.05) is 72.8 Å². The molecule has 0 saturated heterocycles. The molecule has 0 unspecified atom stereocenters. The molecule has 204 valence electrons. The second kappa shape index (κ2) is 10.5. The van der Waals surface area contributed by atoms with Crippen LogP contribution in [-0.2, 0) is 6.42 Å². The molecular weight excluding hydrogens is 532 g/mol. The van der Waals surface area contributed by atoms with Crippen LogP contribution in [-0.4, -0.2) is 20.4 Å². The molecule has 0 atom stereocenters. The maximum absolute atomic E-state index is 6.09. The summed E-state index contributed by atoms with van der Waals surface area (Å²) in [5.41, 5.74) is 6.00. The van der Waals surface area contributed by atoms with Crippen molar-refractivity contribution >= 4 is 21.5 Å². The van der Waals surface area contributed by atoms with Gasteiger partial charge in [0.25, 0.3) is 0 Å². The van der Waals surface area contributed by atoms with Crippen LogP contribution < -0.4 is 0 Å². The summed E-state index contributed by atoms with van der Waals surface area (Å²) >= 11 is 0. The van der Waals surface area contributed by atoms with Gasteiger partial charge in [-0.1, -0.05) is 97.1 Å². The quantitative estimate of drug-likeness (QED) is 0.203. The summed E-state index contributed by atoms with van der Waals surface area (Å²) in [5.74, 6) is 2.03. The molecule has 0 radical (unpaired) electrons. The van der Waals surface area contributed by atoms with Crippen molar-refractivity contribution in [3.05, 3.63) is 145 Å². The van der Waals surface area contributed by atoms with Gasteiger partial charge in [-0.15, -0.1) is 20.4 Å². The summed E-state index contributed by atoms with van der Waals surface area (Å²) in [7, 11) is 0. The lowest BCUT2D eigenvalue weighted by atomic mass is 10.0. The van der Waals surface area contributed by atoms with Gasteiger partial charge < -0.3 is 8.83 Å². The fourth-order valence-corrected chi connectivity index (χ4v) is 5.49. The van der Waals surface area contributed by atoms with Gasteiger partial charge in [-0.3, -0.25) is 0 Å². The van der Waals surface area contributed by atoms with Crippen LogP contribution >= 0.6 is 0 Å². The summed E-state index contributed by atoms with van der Waals surface area (Å²) in [5, 5.41) is 21.8. The fourth-order valence-electron chi connectivity index (χ4n) is 5.49. The van der Waals surface area contributed by atoms with Crippen LogP contribution in [0.3, 0.4) is 0 Å². The van der Waals surface area contributed by atoms with E-state index in [0.29, 0.717) is 23.6 Å². The van der Waals surface area contributed by atoms with Crippen LogP contribution in [0.15, 0.2) is 142 Å². The van der Waals surface area contributed by atoms with E-state index in [1.54, 1.807) is 0 Å². The highest BCUT2D eigenvalue weighted by molar-refractivity contribution is 5.95. The predicted molar refractivity (Wildman–Crippen MR) is 168 cm³/mol. The number of benzene rings is 6. The van der Waals surface area contributed by atoms with Crippen molar-refractivity contribution in [1.29, 1.82) is 0 Å². The van der Waals surface area contributed by atoms with Crippen LogP contribution in [0.4, 0.5) is 0 Å². The Morgan fingerprint density at radius 2 is 0.767 bits per heavy atom. The lowest BCUT2D eigenvalue weighted by molar-refractivity contribution is 0.585. The maximum atomic E-state index is 6.09. The third kappa shape index (κ3) is 4.75. The van der Waals surface area contributed by atoms with Gasteiger partial charge in [-0.2, -0.15) is 0 Å². The molecule has 0 aliphatic carbocycles. The third-order valence-electron chi connectivity index (χ3n) is 7.70. The van der Waals surface area contributed by atoms with E-state index in [-0.39, 0.29) is 0 Å². The van der Waals surface area contributed by atoms with Crippen molar-refractivity contribution in [2.75, 3.05) is 0 Å². The second-order valence-electron chi connectivity index (χ2n) is 10.4. The van der Waals surface area contributed by atoms with Crippen LogP contribution in [0.5, 0.6) is 0 Å². The van der Waals surface area contributed by atoms with Crippen molar-refractivity contribution in [3.63, 3.8) is 0 Å². The van der Waals surface area contributed by atoms with E-state index < -0.39 is 0 Å². The SMILES string of the molecule is c1ccc2c(-c3nnc(-c4ccc(Cc5ccc(-c6nnc(-c7cccc8ccccc78)o6)cc5)cc4)o3)cccc2c1. The molecule has 2 aromatic heterocycles. The van der Waals surface area contributed by atoms with E-state index in [2.05, 4.69) is 81.1 Å². The molecule has 0 spiro atoms. The number of hydrogen-bond donors (Lipinski definition) is 0. The van der Waals surface area contributed by atoms with E-state index in [9.17, 15) is 0 Å². The minimum atomic E-state index is 0.501. The van der Waals surface area contributed by atoms with Gasteiger partial charge in [-0.25, -0.2) is 0 Å². The molecule has 0 fully saturated rings. The average Bonchev–Trinajstić information content (AvgIpc) is 3.76. The summed E-state index contributed by atoms with van der Waals surface area (Å²) in [6.45, 7) is 0. The van der Waals surface area contributed by atoms with Crippen molar-refractivity contribution in [2.45, 2.75) is 6.42 Å². The molecule has 6 nitrogen and oxygen atoms in total. The van der Waals surface area contributed by atoms with Crippen LogP contribution in [0, 0.1) is 0 Å². The lowest BCUT2D eigenvalue weighted by Crippen LogP contribution is -1.89. The Hall–Kier alpha value is -5.88. The Bertz CT molecular complexity index is 2040. The lowest BCUT2D eigenvalue weighted by Gasteiger charge is -2.04. The number of hydrogen-bond acceptors (Lipinski definition) is 6. The van der Waals surface area contributed by atoms with Gasteiger partial charge in [0.15, 0.2) is 0 Å². The molecule has 6 heteroatoms. The summed E-state index contributed by atoms with van der Waals surface area (Å²) in [6, 6.07) is 45.1. The van der Waals surface area contributed by atoms with Gasteiger partial charge >= 0.3 is 0 Å². The van der Waals surface area contributed by atoms with Gasteiger partial charge in [0, 0.05) is 22.3 Å². The van der Waals surface area contributed by atoms with Crippen LogP contribution in [0.25, 0.3) is 67.4 Å². The summed E-state index contributed by atoms with van der Waals surface area (Å²) < 4.78 is 12.2. The van der Waals surface area contributed by atoms with Crippen molar-refractivity contribution < 1.29 is 8.83 Å². The largest absolute Gasteiger partial charge is 0.416 e. The van der Waals surface area contributed by atoms with Crippen molar-refractivity contribution in [1.82, 2.24) is 20.4 Å². The monoisotopic (exact) mass is 556 g/mol. The van der Waals surface area contributed by atoms with E-state index in [1.165, 1.54) is 11.1 Å². The first-order valence-corrected chi connectivity index (χ1v) is 14.1. The Kier molecular flexibility index (Phi) is 6.08. The Balaban J connectivity index is 0.975. The molecule has 2 heterocycles. The zero-order chi connectivity index (χ0) is 28.6. The zero-order valence-electron chi connectivity index (χ0n) is 23.0. The molecular formula is C37H24N4O2. The molecule has 8 aromatic rings. The molecule has 0 saturated carbocycles. The minimum absolute atomic E-state index is 0.501. The molecule has 0 amide bonds. The van der Waals surface area contributed by atoms with E-state index in [4.69, 9.17) is 8.83 Å². The highest BCUT2D eigenvalue weighted by atomic mass is 16.4. The first-order valence-electron chi connectivity index (χ1n) is 14.1. The average molecular weight is 557 g/mol. The summed E-state index contributed by atoms with van der Waals surface area (Å²) in [4.78, 5) is 0. The van der Waals surface area contributed by atoms with E-state index >= 15 is 0 Å². The highest BCUT2D eigenvalue weighted by Crippen LogP contribution is 2.32. The standard InChI is InChI=1S/C37H24N4O2/c1-3-11-30-26(7-1)9-5-13-32(30)36-40-38-34(42-36)28-19-15-24(16-20-28)23-25-17-21-29(22-18-25)35-39-41-37(43-35)33-14-6-10-27-8-2-4-12-31(27)33/h1-22H,23H2. The Morgan fingerprint density at radius 1 is 0.372 bits per heavy atom. The van der Waals surface area contributed by atoms with Gasteiger partial charge in [0.1, 0.15) is 0 Å². The predicted octanol–water partition coefficient (Wildman–Crippen LogP) is 9.02. The maximum Gasteiger partial charge on any atom is 0.248 e. The summed E-state index contributed by atoms with van der Waals surface area (Å²) in [6.07, 6.45) is 0.788. The Morgan fingerprint density at radius 3 is 1.23 bits per heavy atom. The zero-order valence-corrected chi connectivity index (χ0v) is 23.0. The molecule has 0 N–H and O–H groups in total. The first kappa shape index (κ1) is 24.9. The molecule has 43 heavy (non-hydrogen) atoms. The van der Waals surface area contributed by atoms with Crippen LogP contribution in [0.2, 0.25) is 0 Å². The molecule has 0 aliphatic rings. The first-order chi connectivity index (χ1) is 21.3. The van der Waals surface area contributed by atoms with Crippen molar-refractivity contribution in [2.24, 2.45) is 0 Å². The Labute approximate surface area is 247 Å². The molecule has 8 rings (SSSR count).